The third-order valence-electron chi connectivity index (χ3n) is 2.70. The van der Waals surface area contributed by atoms with Crippen LogP contribution in [0.15, 0.2) is 30.5 Å². The molecule has 0 aliphatic rings. The molecule has 0 radical (unpaired) electrons. The molecule has 1 heterocycles. The fourth-order valence-corrected chi connectivity index (χ4v) is 2.10. The highest BCUT2D eigenvalue weighted by Crippen LogP contribution is 2.25. The van der Waals surface area contributed by atoms with E-state index in [2.05, 4.69) is 11.1 Å². The van der Waals surface area contributed by atoms with E-state index in [0.717, 1.165) is 47.3 Å². The van der Waals surface area contributed by atoms with Crippen molar-refractivity contribution in [2.75, 3.05) is 6.54 Å². The van der Waals surface area contributed by atoms with Gasteiger partial charge in [-0.15, -0.1) is 0 Å². The lowest BCUT2D eigenvalue weighted by Crippen LogP contribution is -2.00. The van der Waals surface area contributed by atoms with Crippen molar-refractivity contribution in [1.29, 1.82) is 0 Å². The molecular weight excluding hydrogens is 220 g/mol. The highest BCUT2D eigenvalue weighted by Gasteiger charge is 2.04. The Morgan fingerprint density at radius 3 is 2.81 bits per heavy atom. The van der Waals surface area contributed by atoms with Gasteiger partial charge in [0.1, 0.15) is 0 Å². The Morgan fingerprint density at radius 1 is 1.12 bits per heavy atom. The number of nitrogens with two attached hydrogens (primary N) is 1. The second-order valence-electron chi connectivity index (χ2n) is 3.84. The van der Waals surface area contributed by atoms with Crippen molar-refractivity contribution in [3.63, 3.8) is 0 Å². The normalized spacial score (nSPS) is 10.9. The van der Waals surface area contributed by atoms with Crippen LogP contribution in [0.3, 0.4) is 0 Å². The minimum Gasteiger partial charge on any atom is -0.330 e. The van der Waals surface area contributed by atoms with Crippen molar-refractivity contribution >= 4 is 22.4 Å². The van der Waals surface area contributed by atoms with Gasteiger partial charge >= 0.3 is 0 Å². The summed E-state index contributed by atoms with van der Waals surface area (Å²) < 4.78 is 0. The Hall–Kier alpha value is -1.12. The molecule has 2 rings (SSSR count). The van der Waals surface area contributed by atoms with Crippen LogP contribution in [0.1, 0.15) is 18.5 Å². The van der Waals surface area contributed by atoms with Gasteiger partial charge in [-0.05, 0) is 37.9 Å². The average Bonchev–Trinajstić information content (AvgIpc) is 2.31. The number of rotatable bonds is 4. The van der Waals surface area contributed by atoms with Gasteiger partial charge in [-0.1, -0.05) is 23.7 Å². The molecule has 1 aromatic carbocycles. The van der Waals surface area contributed by atoms with E-state index in [0.29, 0.717) is 0 Å². The van der Waals surface area contributed by atoms with Gasteiger partial charge in [0, 0.05) is 27.7 Å². The minimum atomic E-state index is 0.742. The summed E-state index contributed by atoms with van der Waals surface area (Å²) in [5.41, 5.74) is 6.61. The number of aromatic nitrogens is 1. The van der Waals surface area contributed by atoms with Gasteiger partial charge in [-0.2, -0.15) is 0 Å². The second kappa shape index (κ2) is 5.28. The first kappa shape index (κ1) is 11.4. The molecule has 1 aromatic heterocycles. The van der Waals surface area contributed by atoms with Crippen LogP contribution < -0.4 is 5.73 Å². The molecule has 3 heteroatoms. The molecule has 0 amide bonds. The van der Waals surface area contributed by atoms with Crippen molar-refractivity contribution in [1.82, 2.24) is 4.98 Å². The minimum absolute atomic E-state index is 0.742. The SMILES string of the molecule is NCCCCc1nccc2c(Cl)cccc12. The smallest absolute Gasteiger partial charge is 0.0485 e. The van der Waals surface area contributed by atoms with E-state index in [9.17, 15) is 0 Å². The maximum Gasteiger partial charge on any atom is 0.0485 e. The first-order valence-corrected chi connectivity index (χ1v) is 5.93. The zero-order valence-electron chi connectivity index (χ0n) is 9.12. The average molecular weight is 235 g/mol. The van der Waals surface area contributed by atoms with Crippen LogP contribution in [-0.4, -0.2) is 11.5 Å². The lowest BCUT2D eigenvalue weighted by Gasteiger charge is -2.06. The highest BCUT2D eigenvalue weighted by atomic mass is 35.5. The van der Waals surface area contributed by atoms with E-state index >= 15 is 0 Å². The van der Waals surface area contributed by atoms with Crippen molar-refractivity contribution in [2.45, 2.75) is 19.3 Å². The molecule has 0 saturated carbocycles. The third kappa shape index (κ3) is 2.34. The maximum atomic E-state index is 6.14. The van der Waals surface area contributed by atoms with Gasteiger partial charge in [0.25, 0.3) is 0 Å². The number of unbranched alkanes of at least 4 members (excludes halogenated alkanes) is 1. The molecule has 0 fully saturated rings. The number of halogens is 1. The molecule has 0 atom stereocenters. The standard InChI is InChI=1S/C13H15ClN2/c14-12-5-3-4-11-10(12)7-9-16-13(11)6-1-2-8-15/h3-5,7,9H,1-2,6,8,15H2. The number of hydrogen-bond acceptors (Lipinski definition) is 2. The van der Waals surface area contributed by atoms with Gasteiger partial charge in [0.05, 0.1) is 0 Å². The quantitative estimate of drug-likeness (QED) is 0.826. The van der Waals surface area contributed by atoms with Gasteiger partial charge in [-0.25, -0.2) is 0 Å². The fraction of sp³-hybridized carbons (Fsp3) is 0.308. The molecule has 0 aliphatic carbocycles. The first-order valence-electron chi connectivity index (χ1n) is 5.55. The summed E-state index contributed by atoms with van der Waals surface area (Å²) in [6.07, 6.45) is 4.91. The Morgan fingerprint density at radius 2 is 2.00 bits per heavy atom. The molecule has 16 heavy (non-hydrogen) atoms. The molecule has 2 N–H and O–H groups in total. The Labute approximate surface area is 100 Å². The number of pyridine rings is 1. The molecule has 0 bridgehead atoms. The summed E-state index contributed by atoms with van der Waals surface area (Å²) in [5, 5.41) is 3.04. The summed E-state index contributed by atoms with van der Waals surface area (Å²) in [7, 11) is 0. The van der Waals surface area contributed by atoms with Crippen LogP contribution in [0.5, 0.6) is 0 Å². The number of fused-ring (bicyclic) bond motifs is 1. The topological polar surface area (TPSA) is 38.9 Å². The number of nitrogens with zero attached hydrogens (tertiary/aromatic N) is 1. The Balaban J connectivity index is 2.34. The van der Waals surface area contributed by atoms with Crippen molar-refractivity contribution in [2.24, 2.45) is 5.73 Å². The summed E-state index contributed by atoms with van der Waals surface area (Å²) in [5.74, 6) is 0. The summed E-state index contributed by atoms with van der Waals surface area (Å²) in [6, 6.07) is 7.92. The zero-order valence-corrected chi connectivity index (χ0v) is 9.87. The predicted octanol–water partition coefficient (Wildman–Crippen LogP) is 3.17. The summed E-state index contributed by atoms with van der Waals surface area (Å²) >= 11 is 6.14. The van der Waals surface area contributed by atoms with E-state index in [1.165, 1.54) is 0 Å². The Bertz CT molecular complexity index is 482. The van der Waals surface area contributed by atoms with Crippen LogP contribution in [0, 0.1) is 0 Å². The monoisotopic (exact) mass is 234 g/mol. The largest absolute Gasteiger partial charge is 0.330 e. The van der Waals surface area contributed by atoms with Gasteiger partial charge in [0.15, 0.2) is 0 Å². The zero-order chi connectivity index (χ0) is 11.4. The number of aryl methyl sites for hydroxylation is 1. The van der Waals surface area contributed by atoms with E-state index in [1.807, 2.05) is 24.4 Å². The molecule has 2 nitrogen and oxygen atoms in total. The van der Waals surface area contributed by atoms with Crippen LogP contribution >= 0.6 is 11.6 Å². The molecule has 0 unspecified atom stereocenters. The van der Waals surface area contributed by atoms with Crippen molar-refractivity contribution in [3.8, 4) is 0 Å². The molecule has 0 spiro atoms. The predicted molar refractivity (Wildman–Crippen MR) is 68.7 cm³/mol. The molecular formula is C13H15ClN2. The number of hydrogen-bond donors (Lipinski definition) is 1. The van der Waals surface area contributed by atoms with Crippen LogP contribution in [-0.2, 0) is 6.42 Å². The lowest BCUT2D eigenvalue weighted by atomic mass is 10.1. The fourth-order valence-electron chi connectivity index (χ4n) is 1.87. The van der Waals surface area contributed by atoms with E-state index in [-0.39, 0.29) is 0 Å². The summed E-state index contributed by atoms with van der Waals surface area (Å²) in [6.45, 7) is 0.742. The third-order valence-corrected chi connectivity index (χ3v) is 3.03. The van der Waals surface area contributed by atoms with Crippen LogP contribution in [0.4, 0.5) is 0 Å². The molecule has 2 aromatic rings. The lowest BCUT2D eigenvalue weighted by molar-refractivity contribution is 0.736. The molecule has 0 saturated heterocycles. The van der Waals surface area contributed by atoms with E-state index < -0.39 is 0 Å². The van der Waals surface area contributed by atoms with E-state index in [1.54, 1.807) is 0 Å². The summed E-state index contributed by atoms with van der Waals surface area (Å²) in [4.78, 5) is 4.42. The molecule has 84 valence electrons. The maximum absolute atomic E-state index is 6.14. The molecule has 0 aliphatic heterocycles. The van der Waals surface area contributed by atoms with E-state index in [4.69, 9.17) is 17.3 Å². The van der Waals surface area contributed by atoms with Crippen LogP contribution in [0.25, 0.3) is 10.8 Å². The van der Waals surface area contributed by atoms with Crippen molar-refractivity contribution < 1.29 is 0 Å². The number of benzene rings is 1. The highest BCUT2D eigenvalue weighted by molar-refractivity contribution is 6.35. The van der Waals surface area contributed by atoms with Gasteiger partial charge in [0.2, 0.25) is 0 Å². The van der Waals surface area contributed by atoms with Gasteiger partial charge in [-0.3, -0.25) is 4.98 Å². The Kier molecular flexibility index (Phi) is 3.75. The van der Waals surface area contributed by atoms with Crippen molar-refractivity contribution in [3.05, 3.63) is 41.2 Å². The first-order chi connectivity index (χ1) is 7.83. The van der Waals surface area contributed by atoms with Crippen LogP contribution in [0.2, 0.25) is 5.02 Å². The second-order valence-corrected chi connectivity index (χ2v) is 4.25. The van der Waals surface area contributed by atoms with Gasteiger partial charge < -0.3 is 5.73 Å².